The van der Waals surface area contributed by atoms with Crippen molar-refractivity contribution in [2.75, 3.05) is 0 Å². The molecule has 0 unspecified atom stereocenters. The molecule has 1 rings (SSSR count). The molecule has 0 bridgehead atoms. The van der Waals surface area contributed by atoms with Crippen molar-refractivity contribution in [3.8, 4) is 0 Å². The Bertz CT molecular complexity index is 560. The fraction of sp³-hybridized carbons (Fsp3) is 0.273. The average Bonchev–Trinajstić information content (AvgIpc) is 2.34. The minimum Gasteiger partial charge on any atom is -0.480 e. The molecular weight excluding hydrogens is 336 g/mol. The molecule has 20 heavy (non-hydrogen) atoms. The van der Waals surface area contributed by atoms with Crippen LogP contribution in [-0.2, 0) is 4.79 Å². The average molecular weight is 347 g/mol. The quantitative estimate of drug-likeness (QED) is 0.536. The number of nitrogens with one attached hydrogen (secondary N) is 1. The predicted molar refractivity (Wildman–Crippen MR) is 71.4 cm³/mol. The van der Waals surface area contributed by atoms with Crippen molar-refractivity contribution < 1.29 is 24.7 Å². The number of carbonyl (C=O) groups excluding carboxylic acids is 1. The third-order valence-electron chi connectivity index (χ3n) is 2.45. The highest BCUT2D eigenvalue weighted by molar-refractivity contribution is 9.10. The number of rotatable bonds is 5. The Hall–Kier alpha value is -2.00. The lowest BCUT2D eigenvalue weighted by Crippen LogP contribution is -2.47. The number of aliphatic hydroxyl groups excluding tert-OH is 1. The largest absolute Gasteiger partial charge is 0.480 e. The van der Waals surface area contributed by atoms with Crippen LogP contribution in [0.15, 0.2) is 22.7 Å². The van der Waals surface area contributed by atoms with Gasteiger partial charge in [0.1, 0.15) is 4.47 Å². The molecule has 3 N–H and O–H groups in total. The molecule has 0 aliphatic heterocycles. The maximum absolute atomic E-state index is 11.9. The molecule has 8 nitrogen and oxygen atoms in total. The Morgan fingerprint density at radius 2 is 2.05 bits per heavy atom. The molecule has 0 spiro atoms. The van der Waals surface area contributed by atoms with E-state index in [4.69, 9.17) is 5.11 Å². The van der Waals surface area contributed by atoms with Gasteiger partial charge in [-0.15, -0.1) is 0 Å². The van der Waals surface area contributed by atoms with Gasteiger partial charge >= 0.3 is 5.97 Å². The summed E-state index contributed by atoms with van der Waals surface area (Å²) in [6.07, 6.45) is -1.31. The third kappa shape index (κ3) is 3.52. The van der Waals surface area contributed by atoms with Crippen molar-refractivity contribution in [1.29, 1.82) is 0 Å². The van der Waals surface area contributed by atoms with Crippen molar-refractivity contribution in [3.63, 3.8) is 0 Å². The van der Waals surface area contributed by atoms with Crippen LogP contribution in [0.25, 0.3) is 0 Å². The SMILES string of the molecule is C[C@@H](O)[C@H](NC(=O)c1cccc([N+](=O)[O-])c1Br)C(=O)O. The number of nitro groups is 1. The summed E-state index contributed by atoms with van der Waals surface area (Å²) in [6.45, 7) is 1.21. The van der Waals surface area contributed by atoms with Crippen LogP contribution in [0.3, 0.4) is 0 Å². The predicted octanol–water partition coefficient (Wildman–Crippen LogP) is 0.921. The van der Waals surface area contributed by atoms with Crippen molar-refractivity contribution >= 4 is 33.5 Å². The summed E-state index contributed by atoms with van der Waals surface area (Å²) in [5.74, 6) is -2.25. The molecule has 2 atom stereocenters. The molecule has 108 valence electrons. The van der Waals surface area contributed by atoms with E-state index in [0.717, 1.165) is 0 Å². The molecule has 1 aromatic carbocycles. The number of benzene rings is 1. The van der Waals surface area contributed by atoms with Crippen LogP contribution in [-0.4, -0.2) is 39.2 Å². The highest BCUT2D eigenvalue weighted by atomic mass is 79.9. The zero-order valence-electron chi connectivity index (χ0n) is 10.2. The second-order valence-electron chi connectivity index (χ2n) is 3.93. The Kier molecular flexibility index (Phi) is 5.17. The molecule has 0 radical (unpaired) electrons. The van der Waals surface area contributed by atoms with Crippen molar-refractivity contribution in [2.24, 2.45) is 0 Å². The Morgan fingerprint density at radius 1 is 1.45 bits per heavy atom. The molecule has 9 heteroatoms. The van der Waals surface area contributed by atoms with E-state index < -0.39 is 28.9 Å². The van der Waals surface area contributed by atoms with E-state index in [2.05, 4.69) is 21.2 Å². The summed E-state index contributed by atoms with van der Waals surface area (Å²) < 4.78 is -0.0581. The van der Waals surface area contributed by atoms with Gasteiger partial charge in [0.25, 0.3) is 11.6 Å². The molecule has 0 saturated carbocycles. The lowest BCUT2D eigenvalue weighted by atomic mass is 10.1. The van der Waals surface area contributed by atoms with E-state index in [0.29, 0.717) is 0 Å². The molecule has 0 aliphatic carbocycles. The van der Waals surface area contributed by atoms with E-state index in [1.165, 1.54) is 25.1 Å². The van der Waals surface area contributed by atoms with Gasteiger partial charge in [-0.05, 0) is 28.9 Å². The number of amides is 1. The summed E-state index contributed by atoms with van der Waals surface area (Å²) in [6, 6.07) is 2.29. The number of carbonyl (C=O) groups is 2. The first-order valence-corrected chi connectivity index (χ1v) is 6.19. The van der Waals surface area contributed by atoms with Crippen LogP contribution < -0.4 is 5.32 Å². The van der Waals surface area contributed by atoms with E-state index in [1.807, 2.05) is 0 Å². The highest BCUT2D eigenvalue weighted by Gasteiger charge is 2.27. The number of nitro benzene ring substituents is 1. The van der Waals surface area contributed by atoms with Gasteiger partial charge in [-0.1, -0.05) is 6.07 Å². The molecule has 0 fully saturated rings. The van der Waals surface area contributed by atoms with Gasteiger partial charge in [0.15, 0.2) is 6.04 Å². The summed E-state index contributed by atoms with van der Waals surface area (Å²) in [5.41, 5.74) is -0.410. The minimum absolute atomic E-state index is 0.0581. The second kappa shape index (κ2) is 6.44. The maximum atomic E-state index is 11.9. The number of carboxylic acid groups (broad SMARTS) is 1. The van der Waals surface area contributed by atoms with Gasteiger partial charge in [-0.25, -0.2) is 4.79 Å². The molecule has 0 aliphatic rings. The van der Waals surface area contributed by atoms with Crippen LogP contribution in [0.1, 0.15) is 17.3 Å². The highest BCUT2D eigenvalue weighted by Crippen LogP contribution is 2.28. The molecule has 1 amide bonds. The van der Waals surface area contributed by atoms with Crippen molar-refractivity contribution in [2.45, 2.75) is 19.1 Å². The van der Waals surface area contributed by atoms with Crippen LogP contribution in [0.2, 0.25) is 0 Å². The van der Waals surface area contributed by atoms with Crippen LogP contribution in [0.5, 0.6) is 0 Å². The Balaban J connectivity index is 3.07. The number of halogens is 1. The molecule has 0 aromatic heterocycles. The topological polar surface area (TPSA) is 130 Å². The molecule has 0 saturated heterocycles. The number of nitrogens with zero attached hydrogens (tertiary/aromatic N) is 1. The standard InChI is InChI=1S/C11H11BrN2O6/c1-5(15)9(11(17)18)13-10(16)6-3-2-4-7(8(6)12)14(19)20/h2-5,9,15H,1H3,(H,13,16)(H,17,18)/t5-,9+/m1/s1. The van der Waals surface area contributed by atoms with Gasteiger partial charge < -0.3 is 15.5 Å². The first-order chi connectivity index (χ1) is 9.25. The van der Waals surface area contributed by atoms with Crippen LogP contribution >= 0.6 is 15.9 Å². The fourth-order valence-electron chi connectivity index (χ4n) is 1.44. The fourth-order valence-corrected chi connectivity index (χ4v) is 2.03. The van der Waals surface area contributed by atoms with Crippen molar-refractivity contribution in [1.82, 2.24) is 5.32 Å². The Labute approximate surface area is 121 Å². The minimum atomic E-state index is -1.51. The number of aliphatic carboxylic acids is 1. The van der Waals surface area contributed by atoms with E-state index in [1.54, 1.807) is 0 Å². The van der Waals surface area contributed by atoms with Crippen LogP contribution in [0.4, 0.5) is 5.69 Å². The summed E-state index contributed by atoms with van der Waals surface area (Å²) in [4.78, 5) is 32.9. The van der Waals surface area contributed by atoms with Gasteiger partial charge in [0.2, 0.25) is 0 Å². The number of aliphatic hydroxyl groups is 1. The van der Waals surface area contributed by atoms with E-state index >= 15 is 0 Å². The zero-order valence-corrected chi connectivity index (χ0v) is 11.8. The first-order valence-electron chi connectivity index (χ1n) is 5.40. The third-order valence-corrected chi connectivity index (χ3v) is 3.29. The number of carboxylic acids is 1. The summed E-state index contributed by atoms with van der Waals surface area (Å²) >= 11 is 2.93. The normalized spacial score (nSPS) is 13.3. The van der Waals surface area contributed by atoms with Crippen molar-refractivity contribution in [3.05, 3.63) is 38.3 Å². The van der Waals surface area contributed by atoms with E-state index in [9.17, 15) is 24.8 Å². The van der Waals surface area contributed by atoms with Crippen LogP contribution in [0, 0.1) is 10.1 Å². The molecular formula is C11H11BrN2O6. The van der Waals surface area contributed by atoms with Gasteiger partial charge in [0.05, 0.1) is 16.6 Å². The van der Waals surface area contributed by atoms with Gasteiger partial charge in [-0.3, -0.25) is 14.9 Å². The molecule has 0 heterocycles. The monoisotopic (exact) mass is 346 g/mol. The number of hydrogen-bond acceptors (Lipinski definition) is 5. The van der Waals surface area contributed by atoms with Gasteiger partial charge in [-0.2, -0.15) is 0 Å². The smallest absolute Gasteiger partial charge is 0.328 e. The zero-order chi connectivity index (χ0) is 15.4. The lowest BCUT2D eigenvalue weighted by molar-refractivity contribution is -0.385. The second-order valence-corrected chi connectivity index (χ2v) is 4.72. The van der Waals surface area contributed by atoms with Gasteiger partial charge in [0, 0.05) is 6.07 Å². The summed E-state index contributed by atoms with van der Waals surface area (Å²) in [7, 11) is 0. The van der Waals surface area contributed by atoms with E-state index in [-0.39, 0.29) is 15.7 Å². The number of hydrogen-bond donors (Lipinski definition) is 3. The molecule has 1 aromatic rings. The lowest BCUT2D eigenvalue weighted by Gasteiger charge is -2.17. The Morgan fingerprint density at radius 3 is 2.50 bits per heavy atom. The summed E-state index contributed by atoms with van der Waals surface area (Å²) in [5, 5.41) is 31.0. The first kappa shape index (κ1) is 16.1. The maximum Gasteiger partial charge on any atom is 0.328 e.